The Morgan fingerprint density at radius 1 is 1.07 bits per heavy atom. The molecule has 0 spiro atoms. The van der Waals surface area contributed by atoms with E-state index in [0.717, 1.165) is 0 Å². The zero-order valence-corrected chi connectivity index (χ0v) is 8.70. The van der Waals surface area contributed by atoms with Gasteiger partial charge in [-0.3, -0.25) is 0 Å². The molecule has 0 aliphatic heterocycles. The minimum atomic E-state index is -2.16. The molecule has 1 N–H and O–H groups in total. The summed E-state index contributed by atoms with van der Waals surface area (Å²) in [5.74, 6) is -1.91. The number of esters is 2. The van der Waals surface area contributed by atoms with Gasteiger partial charge in [0.15, 0.2) is 0 Å². The van der Waals surface area contributed by atoms with E-state index < -0.39 is 17.5 Å². The molecule has 0 rings (SSSR count). The fourth-order valence-corrected chi connectivity index (χ4v) is 0.873. The molecule has 0 fully saturated rings. The SMILES string of the molecule is CCOC(=O)C(O)(CC)C(=O)OCC. The van der Waals surface area contributed by atoms with E-state index in [2.05, 4.69) is 9.47 Å². The standard InChI is InChI=1S/C9H16O5/c1-4-9(12,7(10)13-5-2)8(11)14-6-3/h12H,4-6H2,1-3H3. The first-order chi connectivity index (χ1) is 6.52. The van der Waals surface area contributed by atoms with Gasteiger partial charge in [0, 0.05) is 0 Å². The number of carbonyl (C=O) groups is 2. The van der Waals surface area contributed by atoms with Gasteiger partial charge in [0.25, 0.3) is 5.60 Å². The Morgan fingerprint density at radius 3 is 1.64 bits per heavy atom. The Bertz CT molecular complexity index is 193. The quantitative estimate of drug-likeness (QED) is 0.513. The number of ether oxygens (including phenoxy) is 2. The third kappa shape index (κ3) is 2.70. The molecule has 14 heavy (non-hydrogen) atoms. The van der Waals surface area contributed by atoms with E-state index >= 15 is 0 Å². The normalized spacial score (nSPS) is 10.9. The van der Waals surface area contributed by atoms with Gasteiger partial charge in [0.05, 0.1) is 13.2 Å². The number of aliphatic hydroxyl groups is 1. The maximum absolute atomic E-state index is 11.2. The van der Waals surface area contributed by atoms with Crippen molar-refractivity contribution in [3.63, 3.8) is 0 Å². The van der Waals surface area contributed by atoms with Crippen LogP contribution in [0.3, 0.4) is 0 Å². The number of hydrogen-bond acceptors (Lipinski definition) is 5. The lowest BCUT2D eigenvalue weighted by Gasteiger charge is -2.21. The molecule has 0 aliphatic carbocycles. The smallest absolute Gasteiger partial charge is 0.350 e. The van der Waals surface area contributed by atoms with Gasteiger partial charge in [0.1, 0.15) is 0 Å². The minimum Gasteiger partial charge on any atom is -0.463 e. The molecule has 0 bridgehead atoms. The van der Waals surface area contributed by atoms with E-state index in [0.29, 0.717) is 0 Å². The molecule has 0 aromatic carbocycles. The predicted octanol–water partition coefficient (Wildman–Crippen LogP) is 0.254. The van der Waals surface area contributed by atoms with Crippen LogP contribution < -0.4 is 0 Å². The van der Waals surface area contributed by atoms with Crippen molar-refractivity contribution in [2.45, 2.75) is 32.8 Å². The van der Waals surface area contributed by atoms with Crippen LogP contribution in [0.5, 0.6) is 0 Å². The molecule has 0 saturated heterocycles. The Balaban J connectivity index is 4.60. The van der Waals surface area contributed by atoms with Crippen molar-refractivity contribution in [2.24, 2.45) is 0 Å². The van der Waals surface area contributed by atoms with Gasteiger partial charge in [-0.15, -0.1) is 0 Å². The lowest BCUT2D eigenvalue weighted by molar-refractivity contribution is -0.183. The zero-order valence-electron chi connectivity index (χ0n) is 8.70. The van der Waals surface area contributed by atoms with Crippen molar-refractivity contribution in [3.8, 4) is 0 Å². The number of hydrogen-bond donors (Lipinski definition) is 1. The van der Waals surface area contributed by atoms with E-state index in [4.69, 9.17) is 0 Å². The van der Waals surface area contributed by atoms with Gasteiger partial charge in [-0.2, -0.15) is 0 Å². The Hall–Kier alpha value is -1.10. The first kappa shape index (κ1) is 12.9. The molecule has 0 amide bonds. The van der Waals surface area contributed by atoms with Crippen molar-refractivity contribution in [1.82, 2.24) is 0 Å². The summed E-state index contributed by atoms with van der Waals surface area (Å²) in [5.41, 5.74) is -2.16. The third-order valence-corrected chi connectivity index (χ3v) is 1.74. The molecule has 0 saturated carbocycles. The van der Waals surface area contributed by atoms with Gasteiger partial charge >= 0.3 is 11.9 Å². The van der Waals surface area contributed by atoms with Crippen LogP contribution in [-0.4, -0.2) is 35.9 Å². The van der Waals surface area contributed by atoms with Crippen molar-refractivity contribution in [2.75, 3.05) is 13.2 Å². The van der Waals surface area contributed by atoms with Crippen molar-refractivity contribution in [1.29, 1.82) is 0 Å². The van der Waals surface area contributed by atoms with Gasteiger partial charge in [-0.05, 0) is 20.3 Å². The second-order valence-corrected chi connectivity index (χ2v) is 2.65. The molecule has 0 heterocycles. The summed E-state index contributed by atoms with van der Waals surface area (Å²) in [5, 5.41) is 9.67. The molecule has 5 heteroatoms. The van der Waals surface area contributed by atoms with E-state index in [1.807, 2.05) is 0 Å². The van der Waals surface area contributed by atoms with Crippen LogP contribution in [0.25, 0.3) is 0 Å². The highest BCUT2D eigenvalue weighted by molar-refractivity contribution is 6.03. The summed E-state index contributed by atoms with van der Waals surface area (Å²) in [7, 11) is 0. The lowest BCUT2D eigenvalue weighted by Crippen LogP contribution is -2.48. The predicted molar refractivity (Wildman–Crippen MR) is 48.5 cm³/mol. The lowest BCUT2D eigenvalue weighted by atomic mass is 10.0. The zero-order chi connectivity index (χ0) is 11.2. The fourth-order valence-electron chi connectivity index (χ4n) is 0.873. The topological polar surface area (TPSA) is 72.8 Å². The molecule has 0 atom stereocenters. The molecule has 5 nitrogen and oxygen atoms in total. The molecule has 0 aromatic heterocycles. The first-order valence-corrected chi connectivity index (χ1v) is 4.59. The monoisotopic (exact) mass is 204 g/mol. The second-order valence-electron chi connectivity index (χ2n) is 2.65. The van der Waals surface area contributed by atoms with Gasteiger partial charge in [0.2, 0.25) is 0 Å². The van der Waals surface area contributed by atoms with Crippen LogP contribution in [0.1, 0.15) is 27.2 Å². The van der Waals surface area contributed by atoms with Crippen molar-refractivity contribution in [3.05, 3.63) is 0 Å². The average molecular weight is 204 g/mol. The molecule has 0 radical (unpaired) electrons. The summed E-state index contributed by atoms with van der Waals surface area (Å²) in [6, 6.07) is 0. The third-order valence-electron chi connectivity index (χ3n) is 1.74. The van der Waals surface area contributed by atoms with Crippen LogP contribution in [-0.2, 0) is 19.1 Å². The highest BCUT2D eigenvalue weighted by Gasteiger charge is 2.45. The Labute approximate surface area is 83.0 Å². The highest BCUT2D eigenvalue weighted by atomic mass is 16.6. The molecule has 0 aliphatic rings. The summed E-state index contributed by atoms with van der Waals surface area (Å²) in [6.45, 7) is 4.92. The van der Waals surface area contributed by atoms with E-state index in [1.54, 1.807) is 13.8 Å². The summed E-state index contributed by atoms with van der Waals surface area (Å²) in [6.07, 6.45) is -0.0648. The average Bonchev–Trinajstić information content (AvgIpc) is 2.17. The van der Waals surface area contributed by atoms with Crippen LogP contribution in [0.15, 0.2) is 0 Å². The van der Waals surface area contributed by atoms with Crippen molar-refractivity contribution < 1.29 is 24.2 Å². The highest BCUT2D eigenvalue weighted by Crippen LogP contribution is 2.14. The molecule has 0 aromatic rings. The number of rotatable bonds is 5. The van der Waals surface area contributed by atoms with E-state index in [-0.39, 0.29) is 19.6 Å². The van der Waals surface area contributed by atoms with Gasteiger partial charge < -0.3 is 14.6 Å². The van der Waals surface area contributed by atoms with Gasteiger partial charge in [-0.1, -0.05) is 6.92 Å². The van der Waals surface area contributed by atoms with Crippen LogP contribution in [0, 0.1) is 0 Å². The van der Waals surface area contributed by atoms with Crippen LogP contribution in [0.4, 0.5) is 0 Å². The minimum absolute atomic E-state index is 0.0648. The fraction of sp³-hybridized carbons (Fsp3) is 0.778. The van der Waals surface area contributed by atoms with Crippen molar-refractivity contribution >= 4 is 11.9 Å². The number of carbonyl (C=O) groups excluding carboxylic acids is 2. The summed E-state index contributed by atoms with van der Waals surface area (Å²) in [4.78, 5) is 22.5. The second kappa shape index (κ2) is 5.59. The Morgan fingerprint density at radius 2 is 1.43 bits per heavy atom. The van der Waals surface area contributed by atoms with Crippen LogP contribution in [0.2, 0.25) is 0 Å². The Kier molecular flexibility index (Phi) is 5.15. The molecule has 0 unspecified atom stereocenters. The first-order valence-electron chi connectivity index (χ1n) is 4.59. The maximum Gasteiger partial charge on any atom is 0.350 e. The van der Waals surface area contributed by atoms with Gasteiger partial charge in [-0.25, -0.2) is 9.59 Å². The summed E-state index contributed by atoms with van der Waals surface area (Å²) >= 11 is 0. The van der Waals surface area contributed by atoms with E-state index in [9.17, 15) is 14.7 Å². The summed E-state index contributed by atoms with van der Waals surface area (Å²) < 4.78 is 9.15. The largest absolute Gasteiger partial charge is 0.463 e. The van der Waals surface area contributed by atoms with Crippen LogP contribution >= 0.6 is 0 Å². The molecular formula is C9H16O5. The van der Waals surface area contributed by atoms with E-state index in [1.165, 1.54) is 6.92 Å². The molecular weight excluding hydrogens is 188 g/mol. The molecule has 82 valence electrons. The maximum atomic E-state index is 11.2.